The molecule has 1 aliphatic heterocycles. The van der Waals surface area contributed by atoms with Crippen molar-refractivity contribution in [3.8, 4) is 51.5 Å². The van der Waals surface area contributed by atoms with E-state index in [1.807, 2.05) is 29.8 Å². The molecule has 1 N–H and O–H groups in total. The first-order valence-electron chi connectivity index (χ1n) is 15.7. The van der Waals surface area contributed by atoms with Crippen LogP contribution in [0.3, 0.4) is 0 Å². The Bertz CT molecular complexity index is 2010. The van der Waals surface area contributed by atoms with Crippen molar-refractivity contribution in [2.45, 2.75) is 25.8 Å². The van der Waals surface area contributed by atoms with E-state index in [1.165, 1.54) is 12.8 Å². The van der Waals surface area contributed by atoms with E-state index in [2.05, 4.69) is 45.2 Å². The highest BCUT2D eigenvalue weighted by molar-refractivity contribution is 6.41. The van der Waals surface area contributed by atoms with Gasteiger partial charge in [-0.15, -0.1) is 5.92 Å². The smallest absolute Gasteiger partial charge is 0.145 e. The average Bonchev–Trinajstić information content (AvgIpc) is 3.83. The van der Waals surface area contributed by atoms with Gasteiger partial charge in [0.1, 0.15) is 22.9 Å². The van der Waals surface area contributed by atoms with Gasteiger partial charge in [-0.1, -0.05) is 29.1 Å². The molecule has 242 valence electrons. The molecule has 11 heteroatoms. The topological polar surface area (TPSA) is 76.4 Å². The lowest BCUT2D eigenvalue weighted by Crippen LogP contribution is -2.47. The van der Waals surface area contributed by atoms with Crippen LogP contribution in [-0.2, 0) is 0 Å². The molecular weight excluding hydrogens is 635 g/mol. The van der Waals surface area contributed by atoms with Crippen LogP contribution in [0.25, 0.3) is 38.9 Å². The summed E-state index contributed by atoms with van der Waals surface area (Å²) in [5.41, 5.74) is 6.68. The lowest BCUT2D eigenvalue weighted by atomic mass is 10.0. The average molecular weight is 672 g/mol. The number of methoxy groups -OCH3 is 3. The lowest BCUT2D eigenvalue weighted by Gasteiger charge is -2.37. The number of anilines is 2. The largest absolute Gasteiger partial charge is 0.496 e. The monoisotopic (exact) mass is 670 g/mol. The van der Waals surface area contributed by atoms with E-state index in [1.54, 1.807) is 33.6 Å². The maximum atomic E-state index is 6.84. The Labute approximate surface area is 284 Å². The predicted molar refractivity (Wildman–Crippen MR) is 190 cm³/mol. The molecule has 0 atom stereocenters. The van der Waals surface area contributed by atoms with Gasteiger partial charge in [0.05, 0.1) is 60.5 Å². The Morgan fingerprint density at radius 2 is 1.60 bits per heavy atom. The van der Waals surface area contributed by atoms with E-state index in [4.69, 9.17) is 47.4 Å². The van der Waals surface area contributed by atoms with E-state index < -0.39 is 0 Å². The number of fused-ring (bicyclic) bond motifs is 3. The zero-order valence-electron chi connectivity index (χ0n) is 26.9. The molecule has 0 amide bonds. The van der Waals surface area contributed by atoms with Gasteiger partial charge in [-0.05, 0) is 38.0 Å². The van der Waals surface area contributed by atoms with Crippen LogP contribution in [-0.4, -0.2) is 79.4 Å². The minimum Gasteiger partial charge on any atom is -0.496 e. The van der Waals surface area contributed by atoms with Crippen molar-refractivity contribution in [1.82, 2.24) is 19.3 Å². The normalized spacial score (nSPS) is 15.1. The first-order chi connectivity index (χ1) is 22.9. The number of rotatable bonds is 9. The standard InChI is InChI=1S/C36H36Cl2N6O3/c1-5-6-9-39-27-17-24(30(45-2)19-29(27)43-14-12-42(13-15-43)23-7-8-23)26-18-28-22(21-41-26)16-25(36-40-10-11-44(28)36)33-34(37)31(46-3)20-32(47-4)35(33)38/h10-11,16-21,23,39H,7-9,12-15H2,1-4H3. The third-order valence-electron chi connectivity index (χ3n) is 9.05. The van der Waals surface area contributed by atoms with Crippen LogP contribution in [0.4, 0.5) is 11.4 Å². The molecule has 1 aliphatic carbocycles. The number of hydrogen-bond donors (Lipinski definition) is 1. The van der Waals surface area contributed by atoms with Crippen LogP contribution in [0.5, 0.6) is 17.2 Å². The first kappa shape index (κ1) is 31.3. The molecule has 47 heavy (non-hydrogen) atoms. The molecule has 2 fully saturated rings. The highest BCUT2D eigenvalue weighted by Crippen LogP contribution is 2.48. The highest BCUT2D eigenvalue weighted by atomic mass is 35.5. The number of halogens is 2. The Kier molecular flexibility index (Phi) is 8.67. The summed E-state index contributed by atoms with van der Waals surface area (Å²) in [4.78, 5) is 14.7. The summed E-state index contributed by atoms with van der Waals surface area (Å²) in [6.07, 6.45) is 8.18. The molecular formula is C36H36Cl2N6O3. The van der Waals surface area contributed by atoms with Crippen LogP contribution >= 0.6 is 23.2 Å². The van der Waals surface area contributed by atoms with Crippen LogP contribution in [0.1, 0.15) is 19.8 Å². The molecule has 0 unspecified atom stereocenters. The lowest BCUT2D eigenvalue weighted by molar-refractivity contribution is 0.248. The van der Waals surface area contributed by atoms with Crippen molar-refractivity contribution < 1.29 is 14.2 Å². The second-order valence-electron chi connectivity index (χ2n) is 11.7. The van der Waals surface area contributed by atoms with Crippen molar-refractivity contribution >= 4 is 51.1 Å². The van der Waals surface area contributed by atoms with E-state index >= 15 is 0 Å². The Hall–Kier alpha value is -4.36. The molecule has 2 aliphatic rings. The summed E-state index contributed by atoms with van der Waals surface area (Å²) >= 11 is 13.7. The summed E-state index contributed by atoms with van der Waals surface area (Å²) in [5.74, 6) is 7.80. The zero-order valence-corrected chi connectivity index (χ0v) is 28.4. The van der Waals surface area contributed by atoms with Crippen molar-refractivity contribution in [1.29, 1.82) is 0 Å². The van der Waals surface area contributed by atoms with Gasteiger partial charge in [-0.25, -0.2) is 4.98 Å². The van der Waals surface area contributed by atoms with Crippen LogP contribution in [0, 0.1) is 11.8 Å². The van der Waals surface area contributed by atoms with Crippen molar-refractivity contribution in [2.24, 2.45) is 0 Å². The maximum Gasteiger partial charge on any atom is 0.145 e. The SMILES string of the molecule is CC#CCNc1cc(-c2cc3c(cn2)cc(-c2c(Cl)c(OC)cc(OC)c2Cl)c2nccn23)c(OC)cc1N1CCN(C2CC2)CC1. The Balaban J connectivity index is 1.33. The van der Waals surface area contributed by atoms with Gasteiger partial charge in [-0.3, -0.25) is 14.3 Å². The van der Waals surface area contributed by atoms with Crippen LogP contribution in [0.2, 0.25) is 10.0 Å². The highest BCUT2D eigenvalue weighted by Gasteiger charge is 2.32. The zero-order chi connectivity index (χ0) is 32.7. The van der Waals surface area contributed by atoms with Gasteiger partial charge in [0.2, 0.25) is 0 Å². The molecule has 1 saturated heterocycles. The predicted octanol–water partition coefficient (Wildman–Crippen LogP) is 7.27. The fourth-order valence-electron chi connectivity index (χ4n) is 6.48. The summed E-state index contributed by atoms with van der Waals surface area (Å²) < 4.78 is 19.1. The minimum atomic E-state index is 0.374. The Morgan fingerprint density at radius 1 is 0.872 bits per heavy atom. The first-order valence-corrected chi connectivity index (χ1v) is 16.4. The molecule has 1 saturated carbocycles. The van der Waals surface area contributed by atoms with Crippen molar-refractivity contribution in [2.75, 3.05) is 64.3 Å². The molecule has 4 heterocycles. The van der Waals surface area contributed by atoms with Gasteiger partial charge in [0, 0.05) is 85.0 Å². The molecule has 0 radical (unpaired) electrons. The molecule has 5 aromatic rings. The second-order valence-corrected chi connectivity index (χ2v) is 12.5. The summed E-state index contributed by atoms with van der Waals surface area (Å²) in [7, 11) is 4.83. The summed E-state index contributed by atoms with van der Waals surface area (Å²) in [6, 6.07) is 10.8. The number of benzene rings is 2. The maximum absolute atomic E-state index is 6.84. The number of aromatic nitrogens is 3. The fraction of sp³-hybridized carbons (Fsp3) is 0.333. The number of nitrogens with zero attached hydrogens (tertiary/aromatic N) is 5. The van der Waals surface area contributed by atoms with E-state index in [-0.39, 0.29) is 0 Å². The summed E-state index contributed by atoms with van der Waals surface area (Å²) in [6.45, 7) is 6.47. The van der Waals surface area contributed by atoms with Gasteiger partial charge < -0.3 is 24.4 Å². The number of imidazole rings is 1. The van der Waals surface area contributed by atoms with E-state index in [0.29, 0.717) is 39.3 Å². The number of piperazine rings is 1. The van der Waals surface area contributed by atoms with Crippen molar-refractivity contribution in [3.05, 3.63) is 59.0 Å². The van der Waals surface area contributed by atoms with Crippen molar-refractivity contribution in [3.63, 3.8) is 0 Å². The molecule has 2 aromatic carbocycles. The van der Waals surface area contributed by atoms with Gasteiger partial charge in [-0.2, -0.15) is 0 Å². The van der Waals surface area contributed by atoms with Gasteiger partial charge in [0.25, 0.3) is 0 Å². The third kappa shape index (κ3) is 5.75. The number of nitrogens with one attached hydrogen (secondary N) is 1. The van der Waals surface area contributed by atoms with E-state index in [0.717, 1.165) is 77.1 Å². The number of pyridine rings is 2. The van der Waals surface area contributed by atoms with Gasteiger partial charge in [0.15, 0.2) is 0 Å². The summed E-state index contributed by atoms with van der Waals surface area (Å²) in [5, 5.41) is 5.19. The second kappa shape index (κ2) is 13.0. The quantitative estimate of drug-likeness (QED) is 0.164. The minimum absolute atomic E-state index is 0.374. The molecule has 7 rings (SSSR count). The number of hydrogen-bond acceptors (Lipinski definition) is 8. The number of ether oxygens (including phenoxy) is 3. The van der Waals surface area contributed by atoms with Crippen LogP contribution in [0.15, 0.2) is 48.9 Å². The van der Waals surface area contributed by atoms with E-state index in [9.17, 15) is 0 Å². The van der Waals surface area contributed by atoms with Gasteiger partial charge >= 0.3 is 0 Å². The third-order valence-corrected chi connectivity index (χ3v) is 9.80. The molecule has 0 spiro atoms. The molecule has 9 nitrogen and oxygen atoms in total. The van der Waals surface area contributed by atoms with Crippen LogP contribution < -0.4 is 24.4 Å². The Morgan fingerprint density at radius 3 is 2.26 bits per heavy atom. The molecule has 3 aromatic heterocycles. The fourth-order valence-corrected chi connectivity index (χ4v) is 7.19. The molecule has 0 bridgehead atoms.